The van der Waals surface area contributed by atoms with Crippen molar-refractivity contribution in [2.75, 3.05) is 5.32 Å². The monoisotopic (exact) mass is 379 g/mol. The molecule has 4 aromatic rings. The van der Waals surface area contributed by atoms with Crippen molar-refractivity contribution in [2.45, 2.75) is 6.42 Å². The molecule has 4 rings (SSSR count). The second-order valence-corrected chi connectivity index (χ2v) is 6.86. The molecule has 0 aliphatic heterocycles. The van der Waals surface area contributed by atoms with E-state index in [9.17, 15) is 9.18 Å². The fourth-order valence-corrected chi connectivity index (χ4v) is 3.32. The van der Waals surface area contributed by atoms with Gasteiger partial charge in [0.05, 0.1) is 5.56 Å². The van der Waals surface area contributed by atoms with Gasteiger partial charge in [-0.1, -0.05) is 12.1 Å². The average molecular weight is 379 g/mol. The molecule has 3 aromatic heterocycles. The van der Waals surface area contributed by atoms with Crippen LogP contribution in [-0.2, 0) is 6.42 Å². The van der Waals surface area contributed by atoms with Crippen molar-refractivity contribution in [1.29, 1.82) is 0 Å². The Labute approximate surface area is 158 Å². The van der Waals surface area contributed by atoms with Gasteiger partial charge in [0, 0.05) is 36.1 Å². The first-order valence-corrected chi connectivity index (χ1v) is 8.95. The number of thiazole rings is 1. The third kappa shape index (κ3) is 4.06. The molecular formula is C19H14FN5OS. The van der Waals surface area contributed by atoms with E-state index in [1.54, 1.807) is 53.6 Å². The Bertz CT molecular complexity index is 1040. The summed E-state index contributed by atoms with van der Waals surface area (Å²) in [6.07, 6.45) is 7.28. The topological polar surface area (TPSA) is 72.7 Å². The number of carbonyl (C=O) groups excluding carboxylic acids is 1. The van der Waals surface area contributed by atoms with Gasteiger partial charge in [-0.2, -0.15) is 5.10 Å². The lowest BCUT2D eigenvalue weighted by molar-refractivity contribution is 0.102. The zero-order valence-corrected chi connectivity index (χ0v) is 14.9. The van der Waals surface area contributed by atoms with E-state index in [0.717, 1.165) is 10.4 Å². The van der Waals surface area contributed by atoms with E-state index >= 15 is 0 Å². The number of halogens is 1. The molecule has 0 bridgehead atoms. The van der Waals surface area contributed by atoms with Crippen LogP contribution >= 0.6 is 11.3 Å². The number of amides is 1. The average Bonchev–Trinajstić information content (AvgIpc) is 3.36. The number of rotatable bonds is 5. The summed E-state index contributed by atoms with van der Waals surface area (Å²) in [4.78, 5) is 21.8. The second-order valence-electron chi connectivity index (χ2n) is 5.74. The van der Waals surface area contributed by atoms with Gasteiger partial charge >= 0.3 is 0 Å². The molecule has 8 heteroatoms. The lowest BCUT2D eigenvalue weighted by atomic mass is 10.1. The first-order chi connectivity index (χ1) is 13.2. The molecule has 27 heavy (non-hydrogen) atoms. The van der Waals surface area contributed by atoms with E-state index in [1.807, 2.05) is 0 Å². The summed E-state index contributed by atoms with van der Waals surface area (Å²) in [6, 6.07) is 11.5. The summed E-state index contributed by atoms with van der Waals surface area (Å²) in [5.41, 5.74) is 1.41. The van der Waals surface area contributed by atoms with E-state index in [2.05, 4.69) is 20.4 Å². The Hall–Kier alpha value is -3.39. The SMILES string of the molecule is O=C(Nc1ncc(Cc2ccc(F)cc2)s1)c1ccc(-n2cccn2)nc1. The van der Waals surface area contributed by atoms with Crippen LogP contribution in [0.2, 0.25) is 0 Å². The van der Waals surface area contributed by atoms with E-state index in [-0.39, 0.29) is 11.7 Å². The number of pyridine rings is 1. The fourth-order valence-electron chi connectivity index (χ4n) is 2.48. The molecule has 0 saturated carbocycles. The number of hydrogen-bond donors (Lipinski definition) is 1. The standard InChI is InChI=1S/C19H14FN5OS/c20-15-5-2-13(3-6-15)10-16-12-22-19(27-16)24-18(26)14-4-7-17(21-11-14)25-9-1-8-23-25/h1-9,11-12H,10H2,(H,22,24,26). The lowest BCUT2D eigenvalue weighted by Crippen LogP contribution is -2.12. The third-order valence-electron chi connectivity index (χ3n) is 3.81. The highest BCUT2D eigenvalue weighted by Gasteiger charge is 2.10. The minimum Gasteiger partial charge on any atom is -0.298 e. The number of nitrogens with zero attached hydrogens (tertiary/aromatic N) is 4. The fraction of sp³-hybridized carbons (Fsp3) is 0.0526. The molecule has 3 heterocycles. The van der Waals surface area contributed by atoms with Crippen molar-refractivity contribution in [3.8, 4) is 5.82 Å². The van der Waals surface area contributed by atoms with Crippen LogP contribution in [0.1, 0.15) is 20.8 Å². The van der Waals surface area contributed by atoms with Gasteiger partial charge in [0.25, 0.3) is 5.91 Å². The highest BCUT2D eigenvalue weighted by atomic mass is 32.1. The summed E-state index contributed by atoms with van der Waals surface area (Å²) in [6.45, 7) is 0. The van der Waals surface area contributed by atoms with E-state index in [4.69, 9.17) is 0 Å². The number of benzene rings is 1. The highest BCUT2D eigenvalue weighted by molar-refractivity contribution is 7.15. The molecule has 1 amide bonds. The van der Waals surface area contributed by atoms with Crippen molar-refractivity contribution in [2.24, 2.45) is 0 Å². The van der Waals surface area contributed by atoms with E-state index in [0.29, 0.717) is 22.9 Å². The minimum absolute atomic E-state index is 0.261. The Morgan fingerprint density at radius 3 is 2.67 bits per heavy atom. The number of aromatic nitrogens is 4. The molecule has 0 aliphatic carbocycles. The Kier molecular flexibility index (Phi) is 4.71. The smallest absolute Gasteiger partial charge is 0.259 e. The van der Waals surface area contributed by atoms with Crippen LogP contribution in [-0.4, -0.2) is 25.7 Å². The molecule has 0 saturated heterocycles. The van der Waals surface area contributed by atoms with Crippen molar-refractivity contribution >= 4 is 22.4 Å². The van der Waals surface area contributed by atoms with Gasteiger partial charge in [-0.3, -0.25) is 10.1 Å². The van der Waals surface area contributed by atoms with Gasteiger partial charge in [-0.15, -0.1) is 11.3 Å². The van der Waals surface area contributed by atoms with Crippen LogP contribution < -0.4 is 5.32 Å². The Balaban J connectivity index is 1.41. The molecule has 1 N–H and O–H groups in total. The summed E-state index contributed by atoms with van der Waals surface area (Å²) in [5, 5.41) is 7.38. The molecule has 1 aromatic carbocycles. The molecule has 0 unspecified atom stereocenters. The number of anilines is 1. The van der Waals surface area contributed by atoms with Crippen molar-refractivity contribution in [3.63, 3.8) is 0 Å². The molecule has 0 spiro atoms. The van der Waals surface area contributed by atoms with Crippen LogP contribution in [0, 0.1) is 5.82 Å². The van der Waals surface area contributed by atoms with Gasteiger partial charge in [0.15, 0.2) is 10.9 Å². The van der Waals surface area contributed by atoms with Crippen LogP contribution in [0.4, 0.5) is 9.52 Å². The predicted octanol–water partition coefficient (Wildman–Crippen LogP) is 3.71. The minimum atomic E-state index is -0.280. The van der Waals surface area contributed by atoms with E-state index < -0.39 is 0 Å². The zero-order valence-electron chi connectivity index (χ0n) is 14.0. The van der Waals surface area contributed by atoms with Gasteiger partial charge in [0.1, 0.15) is 5.82 Å². The van der Waals surface area contributed by atoms with E-state index in [1.165, 1.54) is 29.7 Å². The molecule has 6 nitrogen and oxygen atoms in total. The first-order valence-electron chi connectivity index (χ1n) is 8.14. The second kappa shape index (κ2) is 7.46. The lowest BCUT2D eigenvalue weighted by Gasteiger charge is -2.03. The summed E-state index contributed by atoms with van der Waals surface area (Å²) in [5.74, 6) is 0.0905. The van der Waals surface area contributed by atoms with Gasteiger partial charge in [-0.05, 0) is 35.9 Å². The molecule has 0 atom stereocenters. The van der Waals surface area contributed by atoms with Crippen LogP contribution in [0.3, 0.4) is 0 Å². The maximum atomic E-state index is 13.0. The third-order valence-corrected chi connectivity index (χ3v) is 4.73. The summed E-state index contributed by atoms with van der Waals surface area (Å²) in [7, 11) is 0. The Morgan fingerprint density at radius 2 is 1.96 bits per heavy atom. The van der Waals surface area contributed by atoms with Gasteiger partial charge in [0.2, 0.25) is 0 Å². The zero-order chi connectivity index (χ0) is 18.6. The van der Waals surface area contributed by atoms with Crippen LogP contribution in [0.25, 0.3) is 5.82 Å². The number of hydrogen-bond acceptors (Lipinski definition) is 5. The van der Waals surface area contributed by atoms with Crippen molar-refractivity contribution in [3.05, 3.63) is 89.1 Å². The Morgan fingerprint density at radius 1 is 1.11 bits per heavy atom. The van der Waals surface area contributed by atoms with Crippen LogP contribution in [0.5, 0.6) is 0 Å². The maximum Gasteiger partial charge on any atom is 0.259 e. The normalized spacial score (nSPS) is 10.7. The maximum absolute atomic E-state index is 13.0. The van der Waals surface area contributed by atoms with Gasteiger partial charge < -0.3 is 0 Å². The number of carbonyl (C=O) groups is 1. The predicted molar refractivity (Wildman–Crippen MR) is 101 cm³/mol. The quantitative estimate of drug-likeness (QED) is 0.574. The molecular weight excluding hydrogens is 365 g/mol. The van der Waals surface area contributed by atoms with Crippen molar-refractivity contribution in [1.82, 2.24) is 19.7 Å². The van der Waals surface area contributed by atoms with Crippen molar-refractivity contribution < 1.29 is 9.18 Å². The molecule has 134 valence electrons. The largest absolute Gasteiger partial charge is 0.298 e. The first kappa shape index (κ1) is 17.0. The molecule has 0 fully saturated rings. The molecule has 0 aliphatic rings. The van der Waals surface area contributed by atoms with Gasteiger partial charge in [-0.25, -0.2) is 19.0 Å². The highest BCUT2D eigenvalue weighted by Crippen LogP contribution is 2.22. The summed E-state index contributed by atoms with van der Waals surface area (Å²) < 4.78 is 14.6. The summed E-state index contributed by atoms with van der Waals surface area (Å²) >= 11 is 1.38. The molecule has 0 radical (unpaired) electrons. The number of nitrogens with one attached hydrogen (secondary N) is 1. The van der Waals surface area contributed by atoms with Crippen LogP contribution in [0.15, 0.2) is 67.3 Å².